The zero-order chi connectivity index (χ0) is 15.1. The summed E-state index contributed by atoms with van der Waals surface area (Å²) in [6, 6.07) is 4.92. The summed E-state index contributed by atoms with van der Waals surface area (Å²) in [5, 5.41) is 12.0. The monoisotopic (exact) mass is 354 g/mol. The van der Waals surface area contributed by atoms with Crippen molar-refractivity contribution in [1.82, 2.24) is 4.90 Å². The van der Waals surface area contributed by atoms with E-state index in [0.717, 1.165) is 6.42 Å². The van der Waals surface area contributed by atoms with Crippen LogP contribution in [0.25, 0.3) is 0 Å². The standard InChI is InChI=1S/C13H16Cl2N2O3.ClH/c1-2-6-17(8-12(19)20)7-11(18)16-10-5-3-4-9(14)13(10)15;/h3-5H,2,6-8H2,1H3,(H,16,18)(H,19,20);1H. The predicted octanol–water partition coefficient (Wildman–Crippen LogP) is 3.15. The molecule has 0 spiro atoms. The summed E-state index contributed by atoms with van der Waals surface area (Å²) in [4.78, 5) is 24.2. The summed E-state index contributed by atoms with van der Waals surface area (Å²) in [5.41, 5.74) is 0.413. The number of benzene rings is 1. The van der Waals surface area contributed by atoms with Crippen molar-refractivity contribution < 1.29 is 14.7 Å². The number of nitrogens with zero attached hydrogens (tertiary/aromatic N) is 1. The molecule has 21 heavy (non-hydrogen) atoms. The van der Waals surface area contributed by atoms with Crippen molar-refractivity contribution in [2.45, 2.75) is 13.3 Å². The van der Waals surface area contributed by atoms with Gasteiger partial charge in [-0.1, -0.05) is 36.2 Å². The highest BCUT2D eigenvalue weighted by atomic mass is 35.5. The fourth-order valence-electron chi connectivity index (χ4n) is 1.71. The number of nitrogens with one attached hydrogen (secondary N) is 1. The molecular weight excluding hydrogens is 339 g/mol. The Labute approximate surface area is 139 Å². The third-order valence-corrected chi connectivity index (χ3v) is 3.31. The van der Waals surface area contributed by atoms with Crippen molar-refractivity contribution in [2.24, 2.45) is 0 Å². The minimum atomic E-state index is -0.966. The molecule has 0 atom stereocenters. The van der Waals surface area contributed by atoms with E-state index in [0.29, 0.717) is 17.3 Å². The van der Waals surface area contributed by atoms with E-state index >= 15 is 0 Å². The van der Waals surface area contributed by atoms with Crippen LogP contribution in [0.1, 0.15) is 13.3 Å². The highest BCUT2D eigenvalue weighted by Crippen LogP contribution is 2.29. The third-order valence-electron chi connectivity index (χ3n) is 2.49. The molecule has 118 valence electrons. The molecule has 0 saturated heterocycles. The first kappa shape index (κ1) is 20.0. The third kappa shape index (κ3) is 7.00. The van der Waals surface area contributed by atoms with E-state index in [1.54, 1.807) is 23.1 Å². The molecule has 1 aromatic carbocycles. The van der Waals surface area contributed by atoms with Crippen LogP contribution in [0.5, 0.6) is 0 Å². The van der Waals surface area contributed by atoms with Gasteiger partial charge >= 0.3 is 5.97 Å². The Morgan fingerprint density at radius 3 is 2.52 bits per heavy atom. The summed E-state index contributed by atoms with van der Waals surface area (Å²) < 4.78 is 0. The number of carboxylic acid groups (broad SMARTS) is 1. The predicted molar refractivity (Wildman–Crippen MR) is 86.7 cm³/mol. The first-order chi connectivity index (χ1) is 9.43. The van der Waals surface area contributed by atoms with Gasteiger partial charge in [0.2, 0.25) is 5.91 Å². The molecule has 5 nitrogen and oxygen atoms in total. The van der Waals surface area contributed by atoms with Crippen LogP contribution in [-0.2, 0) is 9.59 Å². The molecule has 0 heterocycles. The van der Waals surface area contributed by atoms with Crippen LogP contribution in [0.2, 0.25) is 10.0 Å². The van der Waals surface area contributed by atoms with Gasteiger partial charge in [0.05, 0.1) is 28.8 Å². The molecule has 0 fully saturated rings. The molecule has 1 amide bonds. The molecule has 0 aliphatic heterocycles. The van der Waals surface area contributed by atoms with Crippen LogP contribution in [0, 0.1) is 0 Å². The lowest BCUT2D eigenvalue weighted by atomic mass is 10.3. The average molecular weight is 356 g/mol. The first-order valence-corrected chi connectivity index (χ1v) is 6.87. The zero-order valence-electron chi connectivity index (χ0n) is 11.4. The van der Waals surface area contributed by atoms with Crippen LogP contribution in [0.4, 0.5) is 5.69 Å². The van der Waals surface area contributed by atoms with Crippen molar-refractivity contribution >= 4 is 53.2 Å². The molecule has 8 heteroatoms. The number of carbonyl (C=O) groups is 2. The minimum Gasteiger partial charge on any atom is -0.480 e. The topological polar surface area (TPSA) is 69.6 Å². The lowest BCUT2D eigenvalue weighted by Crippen LogP contribution is -2.37. The van der Waals surface area contributed by atoms with Gasteiger partial charge in [0, 0.05) is 0 Å². The number of hydrogen-bond donors (Lipinski definition) is 2. The average Bonchev–Trinajstić information content (AvgIpc) is 2.34. The minimum absolute atomic E-state index is 0. The van der Waals surface area contributed by atoms with Crippen LogP contribution in [-0.4, -0.2) is 41.5 Å². The molecule has 0 saturated carbocycles. The van der Waals surface area contributed by atoms with E-state index in [2.05, 4.69) is 5.32 Å². The fourth-order valence-corrected chi connectivity index (χ4v) is 2.06. The van der Waals surface area contributed by atoms with Crippen LogP contribution >= 0.6 is 35.6 Å². The Bertz CT molecular complexity index is 498. The highest BCUT2D eigenvalue weighted by Gasteiger charge is 2.14. The Morgan fingerprint density at radius 1 is 1.29 bits per heavy atom. The number of carboxylic acids is 1. The normalized spacial score (nSPS) is 10.1. The largest absolute Gasteiger partial charge is 0.480 e. The number of rotatable bonds is 7. The summed E-state index contributed by atoms with van der Waals surface area (Å²) >= 11 is 11.8. The summed E-state index contributed by atoms with van der Waals surface area (Å²) in [6.07, 6.45) is 0.762. The second-order valence-corrected chi connectivity index (χ2v) is 5.04. The Kier molecular flexibility index (Phi) is 9.37. The zero-order valence-corrected chi connectivity index (χ0v) is 13.8. The smallest absolute Gasteiger partial charge is 0.317 e. The van der Waals surface area contributed by atoms with Crippen molar-refractivity contribution in [1.29, 1.82) is 0 Å². The van der Waals surface area contributed by atoms with Gasteiger partial charge in [-0.2, -0.15) is 0 Å². The number of aliphatic carboxylic acids is 1. The van der Waals surface area contributed by atoms with Gasteiger partial charge in [-0.05, 0) is 25.1 Å². The molecule has 0 aromatic heterocycles. The van der Waals surface area contributed by atoms with E-state index in [1.165, 1.54) is 0 Å². The maximum Gasteiger partial charge on any atom is 0.317 e. The van der Waals surface area contributed by atoms with Gasteiger partial charge in [0.15, 0.2) is 0 Å². The second kappa shape index (κ2) is 9.84. The molecule has 0 bridgehead atoms. The molecule has 2 N–H and O–H groups in total. The van der Waals surface area contributed by atoms with Gasteiger partial charge in [0.1, 0.15) is 0 Å². The summed E-state index contributed by atoms with van der Waals surface area (Å²) in [6.45, 7) is 2.26. The maximum atomic E-state index is 11.9. The molecule has 1 aromatic rings. The van der Waals surface area contributed by atoms with E-state index in [4.69, 9.17) is 28.3 Å². The number of carbonyl (C=O) groups excluding carboxylic acids is 1. The van der Waals surface area contributed by atoms with Crippen molar-refractivity contribution in [2.75, 3.05) is 25.0 Å². The van der Waals surface area contributed by atoms with Crippen LogP contribution < -0.4 is 5.32 Å². The highest BCUT2D eigenvalue weighted by molar-refractivity contribution is 6.43. The molecule has 0 aliphatic rings. The number of halogens is 3. The number of anilines is 1. The van der Waals surface area contributed by atoms with Crippen LogP contribution in [0.3, 0.4) is 0 Å². The van der Waals surface area contributed by atoms with E-state index in [-0.39, 0.29) is 36.4 Å². The Balaban J connectivity index is 0.00000400. The Morgan fingerprint density at radius 2 is 1.95 bits per heavy atom. The van der Waals surface area contributed by atoms with Gasteiger partial charge in [-0.25, -0.2) is 0 Å². The lowest BCUT2D eigenvalue weighted by molar-refractivity contribution is -0.138. The molecule has 0 unspecified atom stereocenters. The second-order valence-electron chi connectivity index (χ2n) is 4.25. The lowest BCUT2D eigenvalue weighted by Gasteiger charge is -2.19. The summed E-state index contributed by atoms with van der Waals surface area (Å²) in [5.74, 6) is -1.30. The van der Waals surface area contributed by atoms with Gasteiger partial charge in [0.25, 0.3) is 0 Å². The SMILES string of the molecule is CCCN(CC(=O)O)CC(=O)Nc1cccc(Cl)c1Cl.Cl. The van der Waals surface area contributed by atoms with Crippen molar-refractivity contribution in [3.63, 3.8) is 0 Å². The van der Waals surface area contributed by atoms with E-state index < -0.39 is 5.97 Å². The number of hydrogen-bond acceptors (Lipinski definition) is 3. The number of amides is 1. The van der Waals surface area contributed by atoms with Gasteiger partial charge in [-0.3, -0.25) is 14.5 Å². The molecular formula is C13H17Cl3N2O3. The van der Waals surface area contributed by atoms with Gasteiger partial charge < -0.3 is 10.4 Å². The van der Waals surface area contributed by atoms with Gasteiger partial charge in [-0.15, -0.1) is 12.4 Å². The quantitative estimate of drug-likeness (QED) is 0.788. The molecule has 0 radical (unpaired) electrons. The van der Waals surface area contributed by atoms with Crippen LogP contribution in [0.15, 0.2) is 18.2 Å². The maximum absolute atomic E-state index is 11.9. The van der Waals surface area contributed by atoms with Crippen molar-refractivity contribution in [3.8, 4) is 0 Å². The first-order valence-electron chi connectivity index (χ1n) is 6.12. The fraction of sp³-hybridized carbons (Fsp3) is 0.385. The Hall–Kier alpha value is -1.01. The molecule has 0 aliphatic carbocycles. The van der Waals surface area contributed by atoms with Crippen molar-refractivity contribution in [3.05, 3.63) is 28.2 Å². The molecule has 1 rings (SSSR count). The van der Waals surface area contributed by atoms with E-state index in [9.17, 15) is 9.59 Å². The summed E-state index contributed by atoms with van der Waals surface area (Å²) in [7, 11) is 0. The van der Waals surface area contributed by atoms with E-state index in [1.807, 2.05) is 6.92 Å².